The van der Waals surface area contributed by atoms with Crippen LogP contribution in [0.5, 0.6) is 0 Å². The molecule has 1 aliphatic heterocycles. The third-order valence-corrected chi connectivity index (χ3v) is 9.13. The number of hydrogen-bond donors (Lipinski definition) is 4. The summed E-state index contributed by atoms with van der Waals surface area (Å²) in [5.41, 5.74) is 7.87. The van der Waals surface area contributed by atoms with E-state index in [2.05, 4.69) is 15.6 Å². The Morgan fingerprint density at radius 1 is 1.29 bits per heavy atom. The lowest BCUT2D eigenvalue weighted by atomic mass is 9.46. The van der Waals surface area contributed by atoms with Gasteiger partial charge in [-0.1, -0.05) is 12.1 Å². The van der Waals surface area contributed by atoms with E-state index in [1.54, 1.807) is 18.6 Å². The van der Waals surface area contributed by atoms with Gasteiger partial charge in [-0.25, -0.2) is 9.37 Å². The third kappa shape index (κ3) is 3.49. The average Bonchev–Trinajstić information content (AvgIpc) is 3.39. The van der Waals surface area contributed by atoms with Gasteiger partial charge in [0.05, 0.1) is 37.0 Å². The number of aliphatic hydroxyl groups is 1. The van der Waals surface area contributed by atoms with Crippen LogP contribution in [0, 0.1) is 29.0 Å². The van der Waals surface area contributed by atoms with Crippen molar-refractivity contribution in [3.8, 4) is 11.3 Å². The second-order valence-electron chi connectivity index (χ2n) is 11.0. The van der Waals surface area contributed by atoms with E-state index in [0.29, 0.717) is 55.4 Å². The van der Waals surface area contributed by atoms with Crippen LogP contribution in [-0.4, -0.2) is 45.9 Å². The SMILES string of the molecule is NCCC(=O)NCNC1C2CC3CC1CC(C(O)CC1c4c(F)cccc4-c4cncn41)(C3)C2. The van der Waals surface area contributed by atoms with Crippen LogP contribution in [0.25, 0.3) is 11.3 Å². The zero-order valence-electron chi connectivity index (χ0n) is 19.4. The first kappa shape index (κ1) is 22.2. The summed E-state index contributed by atoms with van der Waals surface area (Å²) >= 11 is 0. The minimum atomic E-state index is -0.489. The van der Waals surface area contributed by atoms with E-state index in [0.717, 1.165) is 30.5 Å². The van der Waals surface area contributed by atoms with Crippen LogP contribution in [0.1, 0.15) is 56.6 Å². The lowest BCUT2D eigenvalue weighted by Gasteiger charge is -2.61. The molecule has 7 rings (SSSR count). The Morgan fingerprint density at radius 2 is 2.09 bits per heavy atom. The van der Waals surface area contributed by atoms with Crippen LogP contribution in [0.2, 0.25) is 0 Å². The zero-order chi connectivity index (χ0) is 23.4. The van der Waals surface area contributed by atoms with Crippen LogP contribution in [0.15, 0.2) is 30.7 Å². The quantitative estimate of drug-likeness (QED) is 0.447. The fraction of sp³-hybridized carbons (Fsp3) is 0.615. The maximum absolute atomic E-state index is 14.9. The molecule has 1 aromatic heterocycles. The molecule has 4 atom stereocenters. The van der Waals surface area contributed by atoms with Gasteiger partial charge in [0, 0.05) is 30.1 Å². The van der Waals surface area contributed by atoms with Gasteiger partial charge in [0.1, 0.15) is 5.82 Å². The van der Waals surface area contributed by atoms with Gasteiger partial charge < -0.3 is 20.7 Å². The number of aliphatic hydroxyl groups excluding tert-OH is 1. The topological polar surface area (TPSA) is 105 Å². The van der Waals surface area contributed by atoms with Gasteiger partial charge in [-0.05, 0) is 67.8 Å². The van der Waals surface area contributed by atoms with Crippen LogP contribution in [0.4, 0.5) is 4.39 Å². The molecule has 8 heteroatoms. The lowest BCUT2D eigenvalue weighted by molar-refractivity contribution is -0.138. The van der Waals surface area contributed by atoms with Crippen molar-refractivity contribution in [2.75, 3.05) is 13.2 Å². The first-order chi connectivity index (χ1) is 16.5. The van der Waals surface area contributed by atoms with Crippen molar-refractivity contribution in [3.05, 3.63) is 42.1 Å². The Hall–Kier alpha value is -2.29. The minimum absolute atomic E-state index is 0.0198. The Kier molecular flexibility index (Phi) is 5.50. The molecule has 0 saturated heterocycles. The van der Waals surface area contributed by atoms with E-state index in [-0.39, 0.29) is 23.2 Å². The van der Waals surface area contributed by atoms with E-state index < -0.39 is 6.10 Å². The average molecular weight is 468 g/mol. The number of benzene rings is 1. The number of nitrogens with zero attached hydrogens (tertiary/aromatic N) is 2. The summed E-state index contributed by atoms with van der Waals surface area (Å²) in [7, 11) is 0. The number of aromatic nitrogens is 2. The maximum atomic E-state index is 14.9. The fourth-order valence-corrected chi connectivity index (χ4v) is 8.01. The minimum Gasteiger partial charge on any atom is -0.392 e. The number of nitrogens with one attached hydrogen (secondary N) is 2. The van der Waals surface area contributed by atoms with Crippen molar-refractivity contribution in [2.24, 2.45) is 28.9 Å². The monoisotopic (exact) mass is 467 g/mol. The summed E-state index contributed by atoms with van der Waals surface area (Å²) < 4.78 is 16.9. The fourth-order valence-electron chi connectivity index (χ4n) is 8.01. The van der Waals surface area contributed by atoms with Crippen molar-refractivity contribution in [1.29, 1.82) is 0 Å². The molecule has 4 bridgehead atoms. The van der Waals surface area contributed by atoms with Crippen molar-refractivity contribution < 1.29 is 14.3 Å². The van der Waals surface area contributed by atoms with Gasteiger partial charge in [-0.3, -0.25) is 10.1 Å². The molecule has 0 radical (unpaired) electrons. The highest BCUT2D eigenvalue weighted by atomic mass is 19.1. The summed E-state index contributed by atoms with van der Waals surface area (Å²) in [5, 5.41) is 18.2. The van der Waals surface area contributed by atoms with Gasteiger partial charge >= 0.3 is 0 Å². The van der Waals surface area contributed by atoms with Crippen molar-refractivity contribution >= 4 is 5.91 Å². The summed E-state index contributed by atoms with van der Waals surface area (Å²) in [6.07, 6.45) is 9.34. The summed E-state index contributed by atoms with van der Waals surface area (Å²) in [6.45, 7) is 0.830. The Balaban J connectivity index is 1.18. The highest BCUT2D eigenvalue weighted by molar-refractivity contribution is 5.75. The van der Waals surface area contributed by atoms with E-state index in [1.165, 1.54) is 18.9 Å². The lowest BCUT2D eigenvalue weighted by Crippen LogP contribution is -2.62. The highest BCUT2D eigenvalue weighted by Gasteiger charge is 2.58. The number of hydrogen-bond acceptors (Lipinski definition) is 5. The van der Waals surface area contributed by atoms with Crippen molar-refractivity contribution in [1.82, 2.24) is 20.2 Å². The number of fused-ring (bicyclic) bond motifs is 3. The molecule has 4 unspecified atom stereocenters. The molecule has 5 N–H and O–H groups in total. The molecule has 4 saturated carbocycles. The van der Waals surface area contributed by atoms with Gasteiger partial charge in [-0.15, -0.1) is 0 Å². The van der Waals surface area contributed by atoms with Gasteiger partial charge in [0.15, 0.2) is 0 Å². The number of nitrogens with two attached hydrogens (primary N) is 1. The van der Waals surface area contributed by atoms with Crippen LogP contribution in [-0.2, 0) is 4.79 Å². The Labute approximate surface area is 199 Å². The van der Waals surface area contributed by atoms with Gasteiger partial charge in [0.2, 0.25) is 5.91 Å². The van der Waals surface area contributed by atoms with Crippen molar-refractivity contribution in [2.45, 2.75) is 63.1 Å². The van der Waals surface area contributed by atoms with Gasteiger partial charge in [0.25, 0.3) is 0 Å². The summed E-state index contributed by atoms with van der Waals surface area (Å²) in [6, 6.07) is 5.37. The summed E-state index contributed by atoms with van der Waals surface area (Å²) in [4.78, 5) is 16.1. The molecule has 2 heterocycles. The van der Waals surface area contributed by atoms with E-state index in [1.807, 2.05) is 10.6 Å². The van der Waals surface area contributed by atoms with E-state index in [9.17, 15) is 14.3 Å². The number of rotatable bonds is 8. The van der Waals surface area contributed by atoms with Crippen LogP contribution >= 0.6 is 0 Å². The zero-order valence-corrected chi connectivity index (χ0v) is 19.4. The number of carbonyl (C=O) groups excluding carboxylic acids is 1. The largest absolute Gasteiger partial charge is 0.392 e. The third-order valence-electron chi connectivity index (χ3n) is 9.13. The normalized spacial score (nSPS) is 33.6. The Bertz CT molecular complexity index is 1070. The molecule has 2 aromatic rings. The number of amides is 1. The molecule has 4 aliphatic carbocycles. The number of carbonyl (C=O) groups is 1. The molecular weight excluding hydrogens is 433 g/mol. The maximum Gasteiger partial charge on any atom is 0.222 e. The molecule has 5 aliphatic rings. The molecule has 1 amide bonds. The first-order valence-corrected chi connectivity index (χ1v) is 12.7. The number of halogens is 1. The molecule has 0 spiro atoms. The first-order valence-electron chi connectivity index (χ1n) is 12.7. The predicted molar refractivity (Wildman–Crippen MR) is 126 cm³/mol. The van der Waals surface area contributed by atoms with Crippen molar-refractivity contribution in [3.63, 3.8) is 0 Å². The van der Waals surface area contributed by atoms with Gasteiger partial charge in [-0.2, -0.15) is 0 Å². The smallest absolute Gasteiger partial charge is 0.222 e. The number of imidazole rings is 1. The molecule has 34 heavy (non-hydrogen) atoms. The molecule has 1 aromatic carbocycles. The molecule has 7 nitrogen and oxygen atoms in total. The summed E-state index contributed by atoms with van der Waals surface area (Å²) in [5.74, 6) is 1.43. The van der Waals surface area contributed by atoms with E-state index in [4.69, 9.17) is 5.73 Å². The molecular formula is C26H34FN5O2. The highest BCUT2D eigenvalue weighted by Crippen LogP contribution is 2.62. The standard InChI is InChI=1S/C26H34FN5O2/c27-19-3-1-2-18-21-12-29-14-32(21)20(24(18)19)8-22(33)26-9-15-6-16(10-26)25(17(7-15)11-26)31-13-30-23(34)4-5-28/h1-3,12,14-17,20,22,25,31,33H,4-11,13,28H2,(H,30,34). The predicted octanol–water partition coefficient (Wildman–Crippen LogP) is 2.55. The second-order valence-corrected chi connectivity index (χ2v) is 11.0. The van der Waals surface area contributed by atoms with E-state index >= 15 is 0 Å². The Morgan fingerprint density at radius 3 is 2.85 bits per heavy atom. The van der Waals surface area contributed by atoms with Crippen LogP contribution < -0.4 is 16.4 Å². The molecule has 4 fully saturated rings. The van der Waals surface area contributed by atoms with Crippen LogP contribution in [0.3, 0.4) is 0 Å². The second kappa shape index (κ2) is 8.43. The molecule has 182 valence electrons.